The summed E-state index contributed by atoms with van der Waals surface area (Å²) in [6, 6.07) is 4.21. The van der Waals surface area contributed by atoms with Crippen molar-refractivity contribution in [1.82, 2.24) is 9.78 Å². The molecule has 0 aliphatic rings. The highest BCUT2D eigenvalue weighted by Crippen LogP contribution is 2.23. The lowest BCUT2D eigenvalue weighted by molar-refractivity contribution is -0.139. The third-order valence-electron chi connectivity index (χ3n) is 3.02. The van der Waals surface area contributed by atoms with Gasteiger partial charge in [-0.15, -0.1) is 0 Å². The highest BCUT2D eigenvalue weighted by atomic mass is 32.2. The van der Waals surface area contributed by atoms with Crippen molar-refractivity contribution in [3.63, 3.8) is 0 Å². The Kier molecular flexibility index (Phi) is 4.89. The van der Waals surface area contributed by atoms with Crippen molar-refractivity contribution in [1.29, 1.82) is 0 Å². The Labute approximate surface area is 133 Å². The summed E-state index contributed by atoms with van der Waals surface area (Å²) in [5.41, 5.74) is 0.897. The molecule has 1 aromatic heterocycles. The first kappa shape index (κ1) is 16.8. The predicted octanol–water partition coefficient (Wildman–Crippen LogP) is 1.48. The molecule has 0 radical (unpaired) electrons. The monoisotopic (exact) mass is 339 g/mol. The minimum absolute atomic E-state index is 0.0573. The Morgan fingerprint density at radius 1 is 1.43 bits per heavy atom. The van der Waals surface area contributed by atoms with E-state index in [1.165, 1.54) is 24.4 Å². The number of rotatable bonds is 7. The van der Waals surface area contributed by atoms with Crippen LogP contribution in [0.5, 0.6) is 5.75 Å². The molecule has 0 saturated carbocycles. The van der Waals surface area contributed by atoms with Crippen molar-refractivity contribution >= 4 is 21.7 Å². The van der Waals surface area contributed by atoms with Crippen LogP contribution in [0.15, 0.2) is 35.5 Å². The van der Waals surface area contributed by atoms with Gasteiger partial charge in [-0.1, -0.05) is 0 Å². The van der Waals surface area contributed by atoms with Crippen LogP contribution < -0.4 is 9.46 Å². The molecule has 0 atom stereocenters. The van der Waals surface area contributed by atoms with E-state index < -0.39 is 22.6 Å². The van der Waals surface area contributed by atoms with Crippen LogP contribution in [0, 0.1) is 6.92 Å². The average Bonchev–Trinajstić information content (AvgIpc) is 2.92. The molecule has 23 heavy (non-hydrogen) atoms. The Morgan fingerprint density at radius 3 is 2.74 bits per heavy atom. The summed E-state index contributed by atoms with van der Waals surface area (Å²) >= 11 is 0. The molecular weight excluding hydrogens is 322 g/mol. The van der Waals surface area contributed by atoms with Crippen molar-refractivity contribution in [2.24, 2.45) is 0 Å². The van der Waals surface area contributed by atoms with Gasteiger partial charge in [-0.25, -0.2) is 13.2 Å². The molecule has 124 valence electrons. The van der Waals surface area contributed by atoms with Crippen LogP contribution in [0.4, 0.5) is 5.69 Å². The van der Waals surface area contributed by atoms with Crippen LogP contribution in [0.2, 0.25) is 0 Å². The van der Waals surface area contributed by atoms with Crippen LogP contribution in [0.3, 0.4) is 0 Å². The van der Waals surface area contributed by atoms with E-state index in [1.54, 1.807) is 17.8 Å². The van der Waals surface area contributed by atoms with Crippen molar-refractivity contribution in [2.75, 3.05) is 11.3 Å². The second-order valence-corrected chi connectivity index (χ2v) is 6.48. The molecule has 1 aromatic carbocycles. The molecule has 0 saturated heterocycles. The normalized spacial score (nSPS) is 11.2. The van der Waals surface area contributed by atoms with E-state index in [2.05, 4.69) is 9.82 Å². The van der Waals surface area contributed by atoms with Crippen LogP contribution in [0.25, 0.3) is 0 Å². The second kappa shape index (κ2) is 6.69. The molecule has 0 aliphatic heterocycles. The number of anilines is 1. The van der Waals surface area contributed by atoms with Gasteiger partial charge in [0.25, 0.3) is 10.0 Å². The van der Waals surface area contributed by atoms with Crippen molar-refractivity contribution in [2.45, 2.75) is 25.3 Å². The third kappa shape index (κ3) is 4.22. The molecule has 2 rings (SSSR count). The Hall–Kier alpha value is -2.55. The number of carboxylic acid groups (broad SMARTS) is 1. The fourth-order valence-corrected chi connectivity index (χ4v) is 3.01. The van der Waals surface area contributed by atoms with Crippen LogP contribution in [-0.4, -0.2) is 35.9 Å². The fourth-order valence-electron chi connectivity index (χ4n) is 1.89. The molecule has 1 heterocycles. The number of hydrogen-bond donors (Lipinski definition) is 2. The lowest BCUT2D eigenvalue weighted by atomic mass is 10.2. The number of hydrogen-bond acceptors (Lipinski definition) is 5. The van der Waals surface area contributed by atoms with Gasteiger partial charge < -0.3 is 9.84 Å². The molecule has 0 aliphatic carbocycles. The van der Waals surface area contributed by atoms with E-state index in [1.807, 2.05) is 6.92 Å². The van der Waals surface area contributed by atoms with Crippen LogP contribution in [0.1, 0.15) is 12.5 Å². The first-order valence-corrected chi connectivity index (χ1v) is 8.30. The fraction of sp³-hybridized carbons (Fsp3) is 0.286. The molecule has 0 bridgehead atoms. The van der Waals surface area contributed by atoms with Gasteiger partial charge in [0.15, 0.2) is 6.61 Å². The van der Waals surface area contributed by atoms with E-state index in [0.29, 0.717) is 23.5 Å². The van der Waals surface area contributed by atoms with Crippen molar-refractivity contribution in [3.8, 4) is 5.75 Å². The maximum atomic E-state index is 12.3. The topological polar surface area (TPSA) is 111 Å². The third-order valence-corrected chi connectivity index (χ3v) is 4.40. The number of aromatic nitrogens is 2. The van der Waals surface area contributed by atoms with Gasteiger partial charge in [0.05, 0.1) is 16.8 Å². The summed E-state index contributed by atoms with van der Waals surface area (Å²) in [4.78, 5) is 10.6. The SMILES string of the molecule is CCn1cc(NS(=O)(=O)c2ccc(OCC(=O)O)c(C)c2)cn1. The molecule has 0 spiro atoms. The second-order valence-electron chi connectivity index (χ2n) is 4.80. The Balaban J connectivity index is 2.19. The van der Waals surface area contributed by atoms with E-state index >= 15 is 0 Å². The van der Waals surface area contributed by atoms with E-state index in [-0.39, 0.29) is 4.90 Å². The minimum Gasteiger partial charge on any atom is -0.482 e. The summed E-state index contributed by atoms with van der Waals surface area (Å²) < 4.78 is 33.8. The lowest BCUT2D eigenvalue weighted by Crippen LogP contribution is -2.13. The number of sulfonamides is 1. The number of nitrogens with one attached hydrogen (secondary N) is 1. The van der Waals surface area contributed by atoms with Crippen LogP contribution in [-0.2, 0) is 21.4 Å². The zero-order valence-corrected chi connectivity index (χ0v) is 13.5. The molecule has 9 heteroatoms. The van der Waals surface area contributed by atoms with Gasteiger partial charge in [0.2, 0.25) is 0 Å². The van der Waals surface area contributed by atoms with Gasteiger partial charge >= 0.3 is 5.97 Å². The molecule has 2 N–H and O–H groups in total. The van der Waals surface area contributed by atoms with Gasteiger partial charge in [-0.2, -0.15) is 5.10 Å². The van der Waals surface area contributed by atoms with Crippen LogP contribution >= 0.6 is 0 Å². The first-order valence-electron chi connectivity index (χ1n) is 6.82. The maximum absolute atomic E-state index is 12.3. The quantitative estimate of drug-likeness (QED) is 0.790. The van der Waals surface area contributed by atoms with E-state index in [4.69, 9.17) is 9.84 Å². The van der Waals surface area contributed by atoms with Crippen molar-refractivity contribution < 1.29 is 23.1 Å². The minimum atomic E-state index is -3.75. The molecule has 0 fully saturated rings. The molecule has 0 unspecified atom stereocenters. The lowest BCUT2D eigenvalue weighted by Gasteiger charge is -2.10. The Bertz CT molecular complexity index is 814. The maximum Gasteiger partial charge on any atom is 0.341 e. The summed E-state index contributed by atoms with van der Waals surface area (Å²) in [6.07, 6.45) is 3.02. The molecule has 2 aromatic rings. The number of benzene rings is 1. The van der Waals surface area contributed by atoms with Gasteiger partial charge in [0.1, 0.15) is 5.75 Å². The number of carbonyl (C=O) groups is 1. The zero-order valence-electron chi connectivity index (χ0n) is 12.7. The summed E-state index contributed by atoms with van der Waals surface area (Å²) in [5.74, 6) is -0.777. The van der Waals surface area contributed by atoms with E-state index in [9.17, 15) is 13.2 Å². The number of ether oxygens (including phenoxy) is 1. The predicted molar refractivity (Wildman–Crippen MR) is 83.0 cm³/mol. The highest BCUT2D eigenvalue weighted by molar-refractivity contribution is 7.92. The van der Waals surface area contributed by atoms with Gasteiger partial charge in [-0.05, 0) is 37.6 Å². The number of aryl methyl sites for hydroxylation is 2. The average molecular weight is 339 g/mol. The first-order chi connectivity index (χ1) is 10.8. The molecular formula is C14H17N3O5S. The zero-order chi connectivity index (χ0) is 17.0. The number of aliphatic carboxylic acids is 1. The summed E-state index contributed by atoms with van der Waals surface area (Å²) in [6.45, 7) is 3.69. The Morgan fingerprint density at radius 2 is 2.17 bits per heavy atom. The number of carboxylic acids is 1. The van der Waals surface area contributed by atoms with E-state index in [0.717, 1.165) is 0 Å². The summed E-state index contributed by atoms with van der Waals surface area (Å²) in [5, 5.41) is 12.6. The largest absolute Gasteiger partial charge is 0.482 e. The molecule has 8 nitrogen and oxygen atoms in total. The number of nitrogens with zero attached hydrogens (tertiary/aromatic N) is 2. The summed E-state index contributed by atoms with van der Waals surface area (Å²) in [7, 11) is -3.75. The molecule has 0 amide bonds. The smallest absolute Gasteiger partial charge is 0.341 e. The highest BCUT2D eigenvalue weighted by Gasteiger charge is 2.17. The standard InChI is InChI=1S/C14H17N3O5S/c1-3-17-8-11(7-15-17)16-23(20,21)12-4-5-13(10(2)6-12)22-9-14(18)19/h4-8,16H,3,9H2,1-2H3,(H,18,19). The van der Waals surface area contributed by atoms with Gasteiger partial charge in [-0.3, -0.25) is 9.40 Å². The van der Waals surface area contributed by atoms with Gasteiger partial charge in [0, 0.05) is 12.7 Å². The van der Waals surface area contributed by atoms with Crippen molar-refractivity contribution in [3.05, 3.63) is 36.2 Å².